The summed E-state index contributed by atoms with van der Waals surface area (Å²) in [6.07, 6.45) is 3.29. The standard InChI is InChI=1S/C35H35NO3/c1-24-11-16-27(17-12-24)30-21-29(32(37)20-15-25-13-18-28(19-14-25)34(38)39)22-31(35(2,3)4)33(30)36(5)23-26-9-7-6-8-10-26/h6-22H,23H2,1-5H3,(H,38,39)/b20-15+. The number of allylic oxidation sites excluding steroid dienone is 1. The van der Waals surface area contributed by atoms with Crippen molar-refractivity contribution < 1.29 is 14.7 Å². The predicted molar refractivity (Wildman–Crippen MR) is 161 cm³/mol. The minimum atomic E-state index is -0.975. The predicted octanol–water partition coefficient (Wildman–Crippen LogP) is 8.19. The molecule has 0 radical (unpaired) electrons. The lowest BCUT2D eigenvalue weighted by Gasteiger charge is -2.32. The van der Waals surface area contributed by atoms with Crippen molar-refractivity contribution in [2.24, 2.45) is 0 Å². The molecule has 0 spiro atoms. The SMILES string of the molecule is Cc1ccc(-c2cc(C(=O)/C=C/c3ccc(C(=O)O)cc3)cc(C(C)(C)C)c2N(C)Cc2ccccc2)cc1. The fraction of sp³-hybridized carbons (Fsp3) is 0.200. The van der Waals surface area contributed by atoms with E-state index in [-0.39, 0.29) is 16.8 Å². The van der Waals surface area contributed by atoms with Crippen molar-refractivity contribution in [2.45, 2.75) is 39.7 Å². The molecule has 0 saturated carbocycles. The Balaban J connectivity index is 1.81. The Labute approximate surface area is 231 Å². The number of anilines is 1. The van der Waals surface area contributed by atoms with Gasteiger partial charge in [-0.25, -0.2) is 4.79 Å². The van der Waals surface area contributed by atoms with Gasteiger partial charge in [0.25, 0.3) is 0 Å². The number of rotatable bonds is 8. The van der Waals surface area contributed by atoms with Crippen LogP contribution < -0.4 is 4.90 Å². The van der Waals surface area contributed by atoms with Gasteiger partial charge < -0.3 is 10.0 Å². The van der Waals surface area contributed by atoms with Gasteiger partial charge in [0.05, 0.1) is 5.56 Å². The first-order valence-electron chi connectivity index (χ1n) is 13.1. The number of nitrogens with zero attached hydrogens (tertiary/aromatic N) is 1. The van der Waals surface area contributed by atoms with E-state index in [4.69, 9.17) is 5.11 Å². The van der Waals surface area contributed by atoms with E-state index in [9.17, 15) is 9.59 Å². The molecule has 0 fully saturated rings. The summed E-state index contributed by atoms with van der Waals surface area (Å²) < 4.78 is 0. The Morgan fingerprint density at radius 3 is 2.08 bits per heavy atom. The van der Waals surface area contributed by atoms with Crippen LogP contribution in [0.3, 0.4) is 0 Å². The maximum absolute atomic E-state index is 13.5. The van der Waals surface area contributed by atoms with Crippen molar-refractivity contribution in [2.75, 3.05) is 11.9 Å². The molecule has 4 nitrogen and oxygen atoms in total. The first kappa shape index (κ1) is 27.6. The maximum atomic E-state index is 13.5. The number of hydrogen-bond acceptors (Lipinski definition) is 3. The van der Waals surface area contributed by atoms with Crippen molar-refractivity contribution in [3.8, 4) is 11.1 Å². The molecule has 0 aliphatic carbocycles. The lowest BCUT2D eigenvalue weighted by Crippen LogP contribution is -2.24. The molecule has 0 aromatic heterocycles. The van der Waals surface area contributed by atoms with Crippen molar-refractivity contribution in [1.29, 1.82) is 0 Å². The van der Waals surface area contributed by atoms with Gasteiger partial charge in [0.1, 0.15) is 0 Å². The zero-order valence-corrected chi connectivity index (χ0v) is 23.2. The van der Waals surface area contributed by atoms with Gasteiger partial charge in [0, 0.05) is 30.4 Å². The highest BCUT2D eigenvalue weighted by Gasteiger charge is 2.25. The van der Waals surface area contributed by atoms with E-state index in [0.717, 1.165) is 34.5 Å². The molecule has 1 N–H and O–H groups in total. The number of ketones is 1. The van der Waals surface area contributed by atoms with Gasteiger partial charge in [-0.15, -0.1) is 0 Å². The number of aromatic carboxylic acids is 1. The molecule has 0 amide bonds. The van der Waals surface area contributed by atoms with Crippen LogP contribution in [0.2, 0.25) is 0 Å². The summed E-state index contributed by atoms with van der Waals surface area (Å²) in [6, 6.07) is 29.3. The molecular weight excluding hydrogens is 482 g/mol. The Bertz CT molecular complexity index is 1490. The van der Waals surface area contributed by atoms with Crippen LogP contribution in [-0.4, -0.2) is 23.9 Å². The number of carbonyl (C=O) groups excluding carboxylic acids is 1. The van der Waals surface area contributed by atoms with E-state index < -0.39 is 5.97 Å². The molecule has 0 atom stereocenters. The largest absolute Gasteiger partial charge is 0.478 e. The summed E-state index contributed by atoms with van der Waals surface area (Å²) in [5.74, 6) is -1.08. The first-order chi connectivity index (χ1) is 18.5. The molecule has 0 aliphatic rings. The summed E-state index contributed by atoms with van der Waals surface area (Å²) in [6.45, 7) is 9.34. The average molecular weight is 518 g/mol. The van der Waals surface area contributed by atoms with Crippen LogP contribution in [-0.2, 0) is 12.0 Å². The highest BCUT2D eigenvalue weighted by molar-refractivity contribution is 6.08. The molecular formula is C35H35NO3. The molecule has 0 heterocycles. The van der Waals surface area contributed by atoms with Crippen LogP contribution in [0.15, 0.2) is 97.1 Å². The van der Waals surface area contributed by atoms with Crippen LogP contribution in [0, 0.1) is 6.92 Å². The van der Waals surface area contributed by atoms with Crippen molar-refractivity contribution in [3.05, 3.63) is 130 Å². The molecule has 4 aromatic rings. The molecule has 0 aliphatic heterocycles. The van der Waals surface area contributed by atoms with Crippen LogP contribution in [0.1, 0.15) is 63.7 Å². The lowest BCUT2D eigenvalue weighted by molar-refractivity contribution is 0.0696. The lowest BCUT2D eigenvalue weighted by atomic mass is 9.81. The monoisotopic (exact) mass is 517 g/mol. The summed E-state index contributed by atoms with van der Waals surface area (Å²) in [7, 11) is 2.11. The normalized spacial score (nSPS) is 11.5. The number of aryl methyl sites for hydroxylation is 1. The van der Waals surface area contributed by atoms with Crippen LogP contribution in [0.4, 0.5) is 5.69 Å². The van der Waals surface area contributed by atoms with E-state index in [1.165, 1.54) is 23.3 Å². The third-order valence-corrected chi connectivity index (χ3v) is 6.79. The molecule has 198 valence electrons. The summed E-state index contributed by atoms with van der Waals surface area (Å²) in [4.78, 5) is 26.9. The van der Waals surface area contributed by atoms with Gasteiger partial charge in [0.2, 0.25) is 0 Å². The Morgan fingerprint density at radius 2 is 1.49 bits per heavy atom. The molecule has 4 rings (SSSR count). The van der Waals surface area contributed by atoms with Crippen molar-refractivity contribution in [3.63, 3.8) is 0 Å². The molecule has 4 heteroatoms. The fourth-order valence-corrected chi connectivity index (χ4v) is 4.65. The van der Waals surface area contributed by atoms with E-state index >= 15 is 0 Å². The number of carboxylic acid groups (broad SMARTS) is 1. The first-order valence-corrected chi connectivity index (χ1v) is 13.1. The minimum Gasteiger partial charge on any atom is -0.478 e. The number of benzene rings is 4. The van der Waals surface area contributed by atoms with Crippen LogP contribution in [0.5, 0.6) is 0 Å². The highest BCUT2D eigenvalue weighted by atomic mass is 16.4. The number of carboxylic acids is 1. The molecule has 39 heavy (non-hydrogen) atoms. The molecule has 4 aromatic carbocycles. The Hall–Kier alpha value is -4.44. The topological polar surface area (TPSA) is 57.6 Å². The van der Waals surface area contributed by atoms with E-state index in [1.807, 2.05) is 18.2 Å². The third kappa shape index (κ3) is 6.71. The van der Waals surface area contributed by atoms with Crippen LogP contribution >= 0.6 is 0 Å². The molecule has 0 unspecified atom stereocenters. The van der Waals surface area contributed by atoms with E-state index in [1.54, 1.807) is 24.3 Å². The number of carbonyl (C=O) groups is 2. The average Bonchev–Trinajstić information content (AvgIpc) is 2.91. The third-order valence-electron chi connectivity index (χ3n) is 6.79. The van der Waals surface area contributed by atoms with Gasteiger partial charge in [-0.05, 0) is 64.9 Å². The fourth-order valence-electron chi connectivity index (χ4n) is 4.65. The quantitative estimate of drug-likeness (QED) is 0.189. The second-order valence-corrected chi connectivity index (χ2v) is 11.0. The second-order valence-electron chi connectivity index (χ2n) is 11.0. The zero-order valence-electron chi connectivity index (χ0n) is 23.2. The summed E-state index contributed by atoms with van der Waals surface area (Å²) in [5.41, 5.74) is 8.06. The van der Waals surface area contributed by atoms with Crippen molar-refractivity contribution in [1.82, 2.24) is 0 Å². The van der Waals surface area contributed by atoms with E-state index in [2.05, 4.69) is 88.2 Å². The smallest absolute Gasteiger partial charge is 0.335 e. The van der Waals surface area contributed by atoms with Crippen molar-refractivity contribution >= 4 is 23.5 Å². The number of hydrogen-bond donors (Lipinski definition) is 1. The Morgan fingerprint density at radius 1 is 0.846 bits per heavy atom. The zero-order chi connectivity index (χ0) is 28.2. The van der Waals surface area contributed by atoms with Gasteiger partial charge >= 0.3 is 5.97 Å². The summed E-state index contributed by atoms with van der Waals surface area (Å²) in [5, 5.41) is 9.14. The van der Waals surface area contributed by atoms with Gasteiger partial charge in [0.15, 0.2) is 5.78 Å². The van der Waals surface area contributed by atoms with Gasteiger partial charge in [-0.2, -0.15) is 0 Å². The highest BCUT2D eigenvalue weighted by Crippen LogP contribution is 2.41. The minimum absolute atomic E-state index is 0.103. The van der Waals surface area contributed by atoms with Crippen LogP contribution in [0.25, 0.3) is 17.2 Å². The second kappa shape index (κ2) is 11.5. The Kier molecular flexibility index (Phi) is 8.15. The van der Waals surface area contributed by atoms with E-state index in [0.29, 0.717) is 5.56 Å². The maximum Gasteiger partial charge on any atom is 0.335 e. The molecule has 0 saturated heterocycles. The summed E-state index contributed by atoms with van der Waals surface area (Å²) >= 11 is 0. The van der Waals surface area contributed by atoms with Gasteiger partial charge in [-0.1, -0.05) is 99.1 Å². The van der Waals surface area contributed by atoms with Gasteiger partial charge in [-0.3, -0.25) is 4.79 Å². The molecule has 0 bridgehead atoms.